The lowest BCUT2D eigenvalue weighted by Gasteiger charge is -2.24. The summed E-state index contributed by atoms with van der Waals surface area (Å²) in [4.78, 5) is 9.93. The van der Waals surface area contributed by atoms with Crippen LogP contribution in [0.5, 0.6) is 0 Å². The van der Waals surface area contributed by atoms with Crippen molar-refractivity contribution in [2.24, 2.45) is 0 Å². The minimum Gasteiger partial charge on any atom is -0.262 e. The van der Waals surface area contributed by atoms with E-state index in [0.717, 1.165) is 6.08 Å². The fourth-order valence-electron chi connectivity index (χ4n) is 1.19. The molecule has 15 heavy (non-hydrogen) atoms. The van der Waals surface area contributed by atoms with E-state index in [4.69, 9.17) is 0 Å². The average Bonchev–Trinajstić information content (AvgIpc) is 2.15. The first kappa shape index (κ1) is 11.7. The third-order valence-electron chi connectivity index (χ3n) is 1.97. The molecule has 0 fully saturated rings. The van der Waals surface area contributed by atoms with Crippen molar-refractivity contribution in [3.05, 3.63) is 34.4 Å². The lowest BCUT2D eigenvalue weighted by atomic mass is 10.0. The highest BCUT2D eigenvalue weighted by Gasteiger charge is 2.42. The van der Waals surface area contributed by atoms with Gasteiger partial charge < -0.3 is 0 Å². The van der Waals surface area contributed by atoms with Gasteiger partial charge in [-0.3, -0.25) is 10.1 Å². The molecule has 1 rings (SSSR count). The summed E-state index contributed by atoms with van der Waals surface area (Å²) in [6.07, 6.45) is 0.933. The molecule has 1 N–H and O–H groups in total. The molecule has 0 saturated carbocycles. The molecular formula is C8H9F3N2O2. The maximum absolute atomic E-state index is 11.9. The Balaban J connectivity index is 2.72. The minimum atomic E-state index is -4.46. The molecule has 0 heterocycles. The monoisotopic (exact) mass is 222 g/mol. The summed E-state index contributed by atoms with van der Waals surface area (Å²) in [7, 11) is 0. The van der Waals surface area contributed by atoms with Gasteiger partial charge in [0.1, 0.15) is 0 Å². The summed E-state index contributed by atoms with van der Waals surface area (Å²) in [5.74, 6) is 0. The molecule has 0 amide bonds. The second-order valence-electron chi connectivity index (χ2n) is 3.14. The van der Waals surface area contributed by atoms with Gasteiger partial charge in [0.25, 0.3) is 5.66 Å². The Morgan fingerprint density at radius 1 is 1.47 bits per heavy atom. The van der Waals surface area contributed by atoms with Gasteiger partial charge in [0.2, 0.25) is 0 Å². The first-order chi connectivity index (χ1) is 6.86. The topological polar surface area (TPSA) is 55.2 Å². The molecule has 0 aliphatic heterocycles. The van der Waals surface area contributed by atoms with E-state index >= 15 is 0 Å². The van der Waals surface area contributed by atoms with Crippen LogP contribution in [0.2, 0.25) is 0 Å². The highest BCUT2D eigenvalue weighted by Crippen LogP contribution is 2.21. The second kappa shape index (κ2) is 4.01. The average molecular weight is 222 g/mol. The molecule has 84 valence electrons. The van der Waals surface area contributed by atoms with Gasteiger partial charge in [0.15, 0.2) is 0 Å². The molecule has 4 nitrogen and oxygen atoms in total. The van der Waals surface area contributed by atoms with Crippen molar-refractivity contribution in [3.8, 4) is 0 Å². The number of allylic oxidation sites excluding steroid dienone is 2. The Kier molecular flexibility index (Phi) is 3.13. The third kappa shape index (κ3) is 3.05. The van der Waals surface area contributed by atoms with E-state index in [2.05, 4.69) is 0 Å². The Bertz CT molecular complexity index is 311. The van der Waals surface area contributed by atoms with Crippen LogP contribution in [-0.2, 0) is 0 Å². The largest absolute Gasteiger partial charge is 0.401 e. The Morgan fingerprint density at radius 2 is 2.13 bits per heavy atom. The predicted molar refractivity (Wildman–Crippen MR) is 46.7 cm³/mol. The van der Waals surface area contributed by atoms with Crippen molar-refractivity contribution in [3.63, 3.8) is 0 Å². The van der Waals surface area contributed by atoms with E-state index < -0.39 is 23.3 Å². The zero-order valence-electron chi connectivity index (χ0n) is 7.62. The summed E-state index contributed by atoms with van der Waals surface area (Å²) in [5.41, 5.74) is -1.83. The van der Waals surface area contributed by atoms with Crippen molar-refractivity contribution in [1.29, 1.82) is 0 Å². The molecule has 0 aromatic rings. The second-order valence-corrected chi connectivity index (χ2v) is 3.14. The first-order valence-corrected chi connectivity index (χ1v) is 4.16. The number of halogens is 3. The molecular weight excluding hydrogens is 213 g/mol. The number of nitrogens with one attached hydrogen (secondary N) is 1. The number of hydrogen-bond donors (Lipinski definition) is 1. The molecule has 1 unspecified atom stereocenters. The van der Waals surface area contributed by atoms with Crippen LogP contribution in [0.3, 0.4) is 0 Å². The summed E-state index contributed by atoms with van der Waals surface area (Å²) in [5, 5.41) is 12.6. The fourth-order valence-corrected chi connectivity index (χ4v) is 1.19. The molecule has 7 heteroatoms. The van der Waals surface area contributed by atoms with E-state index in [9.17, 15) is 23.3 Å². The maximum Gasteiger partial charge on any atom is 0.401 e. The van der Waals surface area contributed by atoms with Gasteiger partial charge in [-0.15, -0.1) is 0 Å². The Morgan fingerprint density at radius 3 is 2.53 bits per heavy atom. The summed E-state index contributed by atoms with van der Waals surface area (Å²) in [6.45, 7) is -1.38. The van der Waals surface area contributed by atoms with Gasteiger partial charge in [-0.25, -0.2) is 5.32 Å². The van der Waals surface area contributed by atoms with Crippen LogP contribution < -0.4 is 5.32 Å². The van der Waals surface area contributed by atoms with Crippen LogP contribution in [0.25, 0.3) is 0 Å². The number of rotatable bonds is 3. The molecule has 1 atom stereocenters. The number of alkyl halides is 3. The maximum atomic E-state index is 11.9. The molecule has 0 radical (unpaired) electrons. The van der Waals surface area contributed by atoms with Crippen LogP contribution in [-0.4, -0.2) is 23.3 Å². The van der Waals surface area contributed by atoms with Crippen molar-refractivity contribution in [1.82, 2.24) is 5.32 Å². The van der Waals surface area contributed by atoms with Crippen molar-refractivity contribution >= 4 is 0 Å². The van der Waals surface area contributed by atoms with E-state index in [1.165, 1.54) is 12.2 Å². The number of hydrogen-bond acceptors (Lipinski definition) is 3. The molecule has 0 aromatic carbocycles. The normalized spacial score (nSPS) is 25.5. The van der Waals surface area contributed by atoms with E-state index in [1.54, 1.807) is 6.08 Å². The van der Waals surface area contributed by atoms with Crippen LogP contribution in [0.1, 0.15) is 6.42 Å². The fraction of sp³-hybridized carbons (Fsp3) is 0.500. The molecule has 0 aromatic heterocycles. The van der Waals surface area contributed by atoms with Crippen molar-refractivity contribution in [2.45, 2.75) is 18.3 Å². The highest BCUT2D eigenvalue weighted by molar-refractivity contribution is 5.17. The third-order valence-corrected chi connectivity index (χ3v) is 1.97. The Hall–Kier alpha value is -1.37. The molecule has 0 saturated heterocycles. The standard InChI is InChI=1S/C8H9F3N2O2/c9-8(10,11)6-12-7(13(14)15)4-2-1-3-5-7/h1-4,12H,5-6H2. The van der Waals surface area contributed by atoms with Gasteiger partial charge >= 0.3 is 6.18 Å². The van der Waals surface area contributed by atoms with E-state index in [0.29, 0.717) is 0 Å². The number of nitro groups is 1. The highest BCUT2D eigenvalue weighted by atomic mass is 19.4. The van der Waals surface area contributed by atoms with Crippen molar-refractivity contribution < 1.29 is 18.1 Å². The molecule has 1 aliphatic rings. The van der Waals surface area contributed by atoms with Gasteiger partial charge in [-0.2, -0.15) is 13.2 Å². The van der Waals surface area contributed by atoms with Gasteiger partial charge in [0, 0.05) is 11.0 Å². The van der Waals surface area contributed by atoms with Gasteiger partial charge in [0.05, 0.1) is 13.0 Å². The summed E-state index contributed by atoms with van der Waals surface area (Å²) >= 11 is 0. The predicted octanol–water partition coefficient (Wildman–Crippen LogP) is 1.63. The molecule has 1 aliphatic carbocycles. The number of nitrogens with zero attached hydrogens (tertiary/aromatic N) is 1. The zero-order valence-corrected chi connectivity index (χ0v) is 7.62. The smallest absolute Gasteiger partial charge is 0.262 e. The lowest BCUT2D eigenvalue weighted by molar-refractivity contribution is -0.563. The van der Waals surface area contributed by atoms with Gasteiger partial charge in [-0.05, 0) is 0 Å². The van der Waals surface area contributed by atoms with Crippen LogP contribution in [0.4, 0.5) is 13.2 Å². The molecule has 0 bridgehead atoms. The first-order valence-electron chi connectivity index (χ1n) is 4.16. The minimum absolute atomic E-state index is 0.0907. The van der Waals surface area contributed by atoms with Crippen LogP contribution >= 0.6 is 0 Å². The quantitative estimate of drug-likeness (QED) is 0.448. The van der Waals surface area contributed by atoms with Crippen molar-refractivity contribution in [2.75, 3.05) is 6.54 Å². The lowest BCUT2D eigenvalue weighted by Crippen LogP contribution is -2.53. The SMILES string of the molecule is O=[N+]([O-])C1(NCC(F)(F)F)C=CC=CC1. The van der Waals surface area contributed by atoms with Crippen LogP contribution in [0, 0.1) is 10.1 Å². The summed E-state index contributed by atoms with van der Waals surface area (Å²) < 4.78 is 35.8. The van der Waals surface area contributed by atoms with Crippen LogP contribution in [0.15, 0.2) is 24.3 Å². The summed E-state index contributed by atoms with van der Waals surface area (Å²) in [6, 6.07) is 0. The van der Waals surface area contributed by atoms with E-state index in [-0.39, 0.29) is 6.42 Å². The van der Waals surface area contributed by atoms with E-state index in [1.807, 2.05) is 5.32 Å². The Labute approximate surface area is 83.6 Å². The van der Waals surface area contributed by atoms with Gasteiger partial charge in [-0.1, -0.05) is 18.2 Å². The molecule has 0 spiro atoms. The zero-order chi connectivity index (χ0) is 11.5.